The molecule has 0 bridgehead atoms. The van der Waals surface area contributed by atoms with Crippen molar-refractivity contribution in [2.45, 2.75) is 52.2 Å². The van der Waals surface area contributed by atoms with Crippen LogP contribution in [-0.2, 0) is 16.1 Å². The summed E-state index contributed by atoms with van der Waals surface area (Å²) < 4.78 is 11.7. The zero-order valence-electron chi connectivity index (χ0n) is 18.1. The SMILES string of the molecule is CCNC(=NCc1ccc(C)cc1OCC1CCCO1)NCC(=O)N1CCCC1.I. The molecule has 0 radical (unpaired) electrons. The van der Waals surface area contributed by atoms with E-state index in [9.17, 15) is 4.79 Å². The average molecular weight is 530 g/mol. The van der Waals surface area contributed by atoms with E-state index in [1.165, 1.54) is 0 Å². The van der Waals surface area contributed by atoms with Crippen molar-refractivity contribution in [2.75, 3.05) is 39.4 Å². The third-order valence-corrected chi connectivity index (χ3v) is 5.29. The van der Waals surface area contributed by atoms with Crippen LogP contribution in [0.3, 0.4) is 0 Å². The number of aryl methyl sites for hydroxylation is 1. The van der Waals surface area contributed by atoms with Crippen molar-refractivity contribution >= 4 is 35.8 Å². The normalized spacial score (nSPS) is 18.8. The van der Waals surface area contributed by atoms with Crippen molar-refractivity contribution < 1.29 is 14.3 Å². The van der Waals surface area contributed by atoms with Crippen molar-refractivity contribution in [3.8, 4) is 5.75 Å². The molecule has 2 fully saturated rings. The van der Waals surface area contributed by atoms with E-state index in [2.05, 4.69) is 40.7 Å². The summed E-state index contributed by atoms with van der Waals surface area (Å²) in [5.41, 5.74) is 2.18. The van der Waals surface area contributed by atoms with Gasteiger partial charge >= 0.3 is 0 Å². The third-order valence-electron chi connectivity index (χ3n) is 5.29. The smallest absolute Gasteiger partial charge is 0.241 e. The Hall–Kier alpha value is -1.55. The number of nitrogens with one attached hydrogen (secondary N) is 2. The van der Waals surface area contributed by atoms with Gasteiger partial charge in [0.2, 0.25) is 5.91 Å². The number of likely N-dealkylation sites (tertiary alicyclic amines) is 1. The molecule has 30 heavy (non-hydrogen) atoms. The molecular weight excluding hydrogens is 495 g/mol. The van der Waals surface area contributed by atoms with Crippen molar-refractivity contribution in [1.82, 2.24) is 15.5 Å². The maximum Gasteiger partial charge on any atom is 0.241 e. The molecule has 2 heterocycles. The summed E-state index contributed by atoms with van der Waals surface area (Å²) in [5.74, 6) is 1.63. The van der Waals surface area contributed by atoms with Crippen LogP contribution in [0.4, 0.5) is 0 Å². The Morgan fingerprint density at radius 3 is 2.77 bits per heavy atom. The second-order valence-corrected chi connectivity index (χ2v) is 7.69. The number of carbonyl (C=O) groups is 1. The highest BCUT2D eigenvalue weighted by atomic mass is 127. The number of halogens is 1. The lowest BCUT2D eigenvalue weighted by molar-refractivity contribution is -0.128. The second-order valence-electron chi connectivity index (χ2n) is 7.69. The van der Waals surface area contributed by atoms with Crippen LogP contribution in [0, 0.1) is 6.92 Å². The first-order valence-corrected chi connectivity index (χ1v) is 10.8. The summed E-state index contributed by atoms with van der Waals surface area (Å²) >= 11 is 0. The van der Waals surface area contributed by atoms with Crippen LogP contribution in [-0.4, -0.2) is 62.3 Å². The summed E-state index contributed by atoms with van der Waals surface area (Å²) in [6, 6.07) is 6.18. The predicted octanol–water partition coefficient (Wildman–Crippen LogP) is 2.85. The minimum Gasteiger partial charge on any atom is -0.491 e. The molecule has 1 aromatic carbocycles. The second kappa shape index (κ2) is 13.0. The van der Waals surface area contributed by atoms with Crippen LogP contribution in [0.25, 0.3) is 0 Å². The number of ether oxygens (including phenoxy) is 2. The van der Waals surface area contributed by atoms with E-state index in [4.69, 9.17) is 9.47 Å². The van der Waals surface area contributed by atoms with Gasteiger partial charge in [-0.15, -0.1) is 24.0 Å². The molecule has 1 aromatic rings. The molecule has 2 aliphatic heterocycles. The molecule has 0 spiro atoms. The highest BCUT2D eigenvalue weighted by molar-refractivity contribution is 14.0. The molecule has 2 N–H and O–H groups in total. The maximum atomic E-state index is 12.3. The summed E-state index contributed by atoms with van der Waals surface area (Å²) in [5, 5.41) is 6.38. The number of amides is 1. The summed E-state index contributed by atoms with van der Waals surface area (Å²) in [6.45, 7) is 8.68. The predicted molar refractivity (Wildman–Crippen MR) is 130 cm³/mol. The van der Waals surface area contributed by atoms with E-state index < -0.39 is 0 Å². The number of guanidine groups is 1. The molecule has 1 amide bonds. The van der Waals surface area contributed by atoms with E-state index >= 15 is 0 Å². The summed E-state index contributed by atoms with van der Waals surface area (Å²) in [7, 11) is 0. The largest absolute Gasteiger partial charge is 0.491 e. The molecule has 0 saturated carbocycles. The number of aliphatic imine (C=N–C) groups is 1. The lowest BCUT2D eigenvalue weighted by atomic mass is 10.1. The molecule has 2 aliphatic rings. The fourth-order valence-electron chi connectivity index (χ4n) is 3.63. The van der Waals surface area contributed by atoms with Gasteiger partial charge in [-0.3, -0.25) is 4.79 Å². The van der Waals surface area contributed by atoms with E-state index in [0.717, 1.165) is 68.8 Å². The summed E-state index contributed by atoms with van der Waals surface area (Å²) in [6.07, 6.45) is 4.54. The highest BCUT2D eigenvalue weighted by Gasteiger charge is 2.18. The zero-order valence-corrected chi connectivity index (χ0v) is 20.4. The number of rotatable bonds is 8. The first-order chi connectivity index (χ1) is 14.2. The number of carbonyl (C=O) groups excluding carboxylic acids is 1. The van der Waals surface area contributed by atoms with Crippen molar-refractivity contribution in [1.29, 1.82) is 0 Å². The number of nitrogens with zero attached hydrogens (tertiary/aromatic N) is 2. The number of hydrogen-bond acceptors (Lipinski definition) is 4. The van der Waals surface area contributed by atoms with E-state index in [1.54, 1.807) is 0 Å². The van der Waals surface area contributed by atoms with Gasteiger partial charge in [-0.05, 0) is 51.2 Å². The molecule has 8 heteroatoms. The van der Waals surface area contributed by atoms with Crippen molar-refractivity contribution in [3.63, 3.8) is 0 Å². The van der Waals surface area contributed by atoms with Gasteiger partial charge < -0.3 is 25.0 Å². The zero-order chi connectivity index (χ0) is 20.5. The van der Waals surface area contributed by atoms with Gasteiger partial charge in [0.15, 0.2) is 5.96 Å². The first-order valence-electron chi connectivity index (χ1n) is 10.8. The maximum absolute atomic E-state index is 12.3. The van der Waals surface area contributed by atoms with Crippen LogP contribution in [0.15, 0.2) is 23.2 Å². The molecular formula is C22H35IN4O3. The quantitative estimate of drug-likeness (QED) is 0.307. The topological polar surface area (TPSA) is 75.2 Å². The van der Waals surface area contributed by atoms with Crippen LogP contribution in [0.1, 0.15) is 43.7 Å². The Balaban J connectivity index is 0.00000320. The Bertz CT molecular complexity index is 702. The van der Waals surface area contributed by atoms with Crippen LogP contribution >= 0.6 is 24.0 Å². The first kappa shape index (κ1) is 24.7. The Labute approximate surface area is 197 Å². The van der Waals surface area contributed by atoms with E-state index in [-0.39, 0.29) is 42.5 Å². The van der Waals surface area contributed by atoms with Gasteiger partial charge in [0, 0.05) is 31.8 Å². The molecule has 2 saturated heterocycles. The third kappa shape index (κ3) is 7.61. The molecule has 0 aliphatic carbocycles. The fourth-order valence-corrected chi connectivity index (χ4v) is 3.63. The summed E-state index contributed by atoms with van der Waals surface area (Å²) in [4.78, 5) is 18.9. The van der Waals surface area contributed by atoms with E-state index in [0.29, 0.717) is 19.1 Å². The average Bonchev–Trinajstić information content (AvgIpc) is 3.43. The van der Waals surface area contributed by atoms with Crippen LogP contribution < -0.4 is 15.4 Å². The van der Waals surface area contributed by atoms with Gasteiger partial charge in [0.1, 0.15) is 12.4 Å². The van der Waals surface area contributed by atoms with Gasteiger partial charge in [0.25, 0.3) is 0 Å². The van der Waals surface area contributed by atoms with Crippen molar-refractivity contribution in [2.24, 2.45) is 4.99 Å². The monoisotopic (exact) mass is 530 g/mol. The molecule has 0 aromatic heterocycles. The number of benzene rings is 1. The van der Waals surface area contributed by atoms with Crippen LogP contribution in [0.2, 0.25) is 0 Å². The highest BCUT2D eigenvalue weighted by Crippen LogP contribution is 2.23. The van der Waals surface area contributed by atoms with E-state index in [1.807, 2.05) is 11.8 Å². The lowest BCUT2D eigenvalue weighted by Gasteiger charge is -2.17. The fraction of sp³-hybridized carbons (Fsp3) is 0.636. The Morgan fingerprint density at radius 2 is 2.07 bits per heavy atom. The van der Waals surface area contributed by atoms with Gasteiger partial charge in [0.05, 0.1) is 19.2 Å². The molecule has 3 rings (SSSR count). The van der Waals surface area contributed by atoms with Crippen LogP contribution in [0.5, 0.6) is 5.75 Å². The van der Waals surface area contributed by atoms with Crippen molar-refractivity contribution in [3.05, 3.63) is 29.3 Å². The molecule has 168 valence electrons. The molecule has 1 unspecified atom stereocenters. The Morgan fingerprint density at radius 1 is 1.27 bits per heavy atom. The van der Waals surface area contributed by atoms with Gasteiger partial charge in [-0.1, -0.05) is 12.1 Å². The van der Waals surface area contributed by atoms with Gasteiger partial charge in [-0.25, -0.2) is 4.99 Å². The minimum absolute atomic E-state index is 0. The minimum atomic E-state index is 0. The molecule has 1 atom stereocenters. The Kier molecular flexibility index (Phi) is 10.7. The molecule has 7 nitrogen and oxygen atoms in total. The van der Waals surface area contributed by atoms with Gasteiger partial charge in [-0.2, -0.15) is 0 Å². The lowest BCUT2D eigenvalue weighted by Crippen LogP contribution is -2.44. The standard InChI is InChI=1S/C22H34N4O3.HI/c1-3-23-22(25-15-21(27)26-10-4-5-11-26)24-14-18-9-8-17(2)13-20(18)29-16-19-7-6-12-28-19;/h8-9,13,19H,3-7,10-12,14-16H2,1-2H3,(H2,23,24,25);1H. The number of hydrogen-bond donors (Lipinski definition) is 2.